The Morgan fingerprint density at radius 2 is 1.80 bits per heavy atom. The van der Waals surface area contributed by atoms with Crippen molar-refractivity contribution in [1.29, 1.82) is 0 Å². The van der Waals surface area contributed by atoms with Crippen molar-refractivity contribution in [3.63, 3.8) is 0 Å². The molecule has 5 rings (SSSR count). The Balaban J connectivity index is 1.50. The topological polar surface area (TPSA) is 84.3 Å². The highest BCUT2D eigenvalue weighted by Crippen LogP contribution is 2.31. The van der Waals surface area contributed by atoms with Crippen LogP contribution in [0.3, 0.4) is 0 Å². The lowest BCUT2D eigenvalue weighted by molar-refractivity contribution is 0.0643. The van der Waals surface area contributed by atoms with Crippen LogP contribution in [0.2, 0.25) is 0 Å². The largest absolute Gasteiger partial charge is 0.479 e. The minimum Gasteiger partial charge on any atom is -0.479 e. The molecule has 0 aliphatic carbocycles. The third kappa shape index (κ3) is 4.54. The summed E-state index contributed by atoms with van der Waals surface area (Å²) in [6.45, 7) is 6.25. The second kappa shape index (κ2) is 9.71. The summed E-state index contributed by atoms with van der Waals surface area (Å²) in [6.07, 6.45) is 6.34. The number of carbonyl (C=O) groups is 1. The molecule has 1 aliphatic rings. The van der Waals surface area contributed by atoms with Crippen LogP contribution in [0.15, 0.2) is 55.2 Å². The first-order chi connectivity index (χ1) is 17.1. The molecule has 1 fully saturated rings. The van der Waals surface area contributed by atoms with E-state index in [1.54, 1.807) is 18.6 Å². The molecule has 1 aliphatic heterocycles. The number of carbonyl (C=O) groups excluding carboxylic acids is 1. The van der Waals surface area contributed by atoms with E-state index in [4.69, 9.17) is 4.74 Å². The Hall–Kier alpha value is -3.98. The predicted molar refractivity (Wildman–Crippen MR) is 131 cm³/mol. The molecular formula is C26H25FN6O2. The van der Waals surface area contributed by atoms with E-state index < -0.39 is 5.82 Å². The maximum atomic E-state index is 14.3. The molecule has 0 bridgehead atoms. The number of aromatic nitrogens is 4. The third-order valence-corrected chi connectivity index (χ3v) is 6.33. The quantitative estimate of drug-likeness (QED) is 0.438. The fraction of sp³-hybridized carbons (Fsp3) is 0.269. The fourth-order valence-corrected chi connectivity index (χ4v) is 4.34. The number of likely N-dealkylation sites (N-methyl/N-ethyl adjacent to an activating group) is 1. The Labute approximate surface area is 202 Å². The third-order valence-electron chi connectivity index (χ3n) is 6.33. The first-order valence-electron chi connectivity index (χ1n) is 11.5. The lowest BCUT2D eigenvalue weighted by Gasteiger charge is -2.34. The average Bonchev–Trinajstić information content (AvgIpc) is 2.92. The molecule has 35 heavy (non-hydrogen) atoms. The van der Waals surface area contributed by atoms with Crippen molar-refractivity contribution in [2.75, 3.05) is 39.8 Å². The van der Waals surface area contributed by atoms with Gasteiger partial charge in [0.2, 0.25) is 5.88 Å². The molecule has 1 aromatic carbocycles. The van der Waals surface area contributed by atoms with Crippen molar-refractivity contribution in [2.45, 2.75) is 6.92 Å². The van der Waals surface area contributed by atoms with Crippen molar-refractivity contribution >= 4 is 16.8 Å². The van der Waals surface area contributed by atoms with Gasteiger partial charge >= 0.3 is 0 Å². The number of halogens is 1. The van der Waals surface area contributed by atoms with Crippen molar-refractivity contribution in [3.8, 4) is 28.3 Å². The van der Waals surface area contributed by atoms with Gasteiger partial charge in [0.15, 0.2) is 5.82 Å². The van der Waals surface area contributed by atoms with Crippen LogP contribution in [0, 0.1) is 5.82 Å². The summed E-state index contributed by atoms with van der Waals surface area (Å²) >= 11 is 0. The highest BCUT2D eigenvalue weighted by molar-refractivity contribution is 5.98. The zero-order valence-corrected chi connectivity index (χ0v) is 19.6. The summed E-state index contributed by atoms with van der Waals surface area (Å²) < 4.78 is 19.2. The van der Waals surface area contributed by atoms with E-state index >= 15 is 0 Å². The van der Waals surface area contributed by atoms with Crippen LogP contribution in [0.5, 0.6) is 5.88 Å². The molecule has 178 valence electrons. The molecule has 0 unspecified atom stereocenters. The molecule has 0 spiro atoms. The monoisotopic (exact) mass is 472 g/mol. The van der Waals surface area contributed by atoms with Gasteiger partial charge in [-0.25, -0.2) is 19.3 Å². The Morgan fingerprint density at radius 1 is 0.971 bits per heavy atom. The summed E-state index contributed by atoms with van der Waals surface area (Å²) in [5.74, 6) is -0.624. The van der Waals surface area contributed by atoms with E-state index in [1.165, 1.54) is 19.5 Å². The molecule has 4 heterocycles. The molecule has 1 saturated heterocycles. The van der Waals surface area contributed by atoms with Crippen LogP contribution < -0.4 is 4.74 Å². The van der Waals surface area contributed by atoms with Gasteiger partial charge in [0.1, 0.15) is 6.33 Å². The summed E-state index contributed by atoms with van der Waals surface area (Å²) in [5, 5.41) is 0.768. The van der Waals surface area contributed by atoms with Crippen LogP contribution in [-0.4, -0.2) is 75.5 Å². The molecule has 3 aromatic heterocycles. The van der Waals surface area contributed by atoms with Gasteiger partial charge in [-0.2, -0.15) is 0 Å². The number of piperazine rings is 1. The average molecular weight is 473 g/mol. The minimum absolute atomic E-state index is 0.0334. The lowest BCUT2D eigenvalue weighted by atomic mass is 10.0. The smallest absolute Gasteiger partial charge is 0.255 e. The molecule has 0 atom stereocenters. The second-order valence-corrected chi connectivity index (χ2v) is 8.36. The van der Waals surface area contributed by atoms with E-state index in [0.717, 1.165) is 36.1 Å². The normalized spacial score (nSPS) is 14.3. The number of rotatable bonds is 5. The first kappa shape index (κ1) is 22.8. The molecule has 0 N–H and O–H groups in total. The Morgan fingerprint density at radius 3 is 2.54 bits per heavy atom. The van der Waals surface area contributed by atoms with Gasteiger partial charge in [0.05, 0.1) is 23.9 Å². The van der Waals surface area contributed by atoms with E-state index in [1.807, 2.05) is 29.2 Å². The molecule has 9 heteroatoms. The molecule has 8 nitrogen and oxygen atoms in total. The van der Waals surface area contributed by atoms with Gasteiger partial charge in [-0.1, -0.05) is 13.0 Å². The first-order valence-corrected chi connectivity index (χ1v) is 11.5. The molecule has 1 amide bonds. The van der Waals surface area contributed by atoms with Gasteiger partial charge in [-0.05, 0) is 36.4 Å². The van der Waals surface area contributed by atoms with Gasteiger partial charge in [0.25, 0.3) is 5.91 Å². The van der Waals surface area contributed by atoms with Crippen LogP contribution in [0.25, 0.3) is 33.3 Å². The zero-order valence-electron chi connectivity index (χ0n) is 19.6. The number of pyridine rings is 2. The molecular weight excluding hydrogens is 447 g/mol. The van der Waals surface area contributed by atoms with Crippen LogP contribution in [0.4, 0.5) is 4.39 Å². The number of methoxy groups -OCH3 is 1. The van der Waals surface area contributed by atoms with Gasteiger partial charge in [-0.3, -0.25) is 9.78 Å². The summed E-state index contributed by atoms with van der Waals surface area (Å²) in [4.78, 5) is 34.6. The van der Waals surface area contributed by atoms with Gasteiger partial charge in [-0.15, -0.1) is 0 Å². The van der Waals surface area contributed by atoms with Crippen LogP contribution >= 0.6 is 0 Å². The van der Waals surface area contributed by atoms with E-state index in [0.29, 0.717) is 35.5 Å². The molecule has 0 saturated carbocycles. The minimum atomic E-state index is -0.537. The van der Waals surface area contributed by atoms with Gasteiger partial charge in [0, 0.05) is 61.3 Å². The number of fused-ring (bicyclic) bond motifs is 1. The fourth-order valence-electron chi connectivity index (χ4n) is 4.34. The lowest BCUT2D eigenvalue weighted by Crippen LogP contribution is -2.48. The zero-order chi connectivity index (χ0) is 24.4. The van der Waals surface area contributed by atoms with Crippen molar-refractivity contribution in [2.24, 2.45) is 0 Å². The van der Waals surface area contributed by atoms with Crippen molar-refractivity contribution in [1.82, 2.24) is 29.7 Å². The summed E-state index contributed by atoms with van der Waals surface area (Å²) in [6, 6.07) is 8.82. The maximum Gasteiger partial charge on any atom is 0.255 e. The maximum absolute atomic E-state index is 14.3. The summed E-state index contributed by atoms with van der Waals surface area (Å²) in [5.41, 5.74) is 3.98. The highest BCUT2D eigenvalue weighted by Gasteiger charge is 2.22. The standard InChI is InChI=1S/C26H25FN6O2/c1-3-32-6-8-33(9-7-32)26(34)20-10-19(13-28-14-20)24-21-11-17(4-5-23(21)30-16-31-24)18-12-22(27)25(35-2)29-15-18/h4-5,10-16H,3,6-9H2,1-2H3. The predicted octanol–water partition coefficient (Wildman–Crippen LogP) is 3.68. The van der Waals surface area contributed by atoms with Crippen molar-refractivity contribution in [3.05, 3.63) is 66.6 Å². The second-order valence-electron chi connectivity index (χ2n) is 8.36. The number of hydrogen-bond acceptors (Lipinski definition) is 7. The van der Waals surface area contributed by atoms with Gasteiger partial charge < -0.3 is 14.5 Å². The van der Waals surface area contributed by atoms with E-state index in [9.17, 15) is 9.18 Å². The molecule has 4 aromatic rings. The number of benzene rings is 1. The number of amides is 1. The number of nitrogens with zero attached hydrogens (tertiary/aromatic N) is 6. The van der Waals surface area contributed by atoms with E-state index in [2.05, 4.69) is 31.8 Å². The van der Waals surface area contributed by atoms with Crippen LogP contribution in [0.1, 0.15) is 17.3 Å². The van der Waals surface area contributed by atoms with Crippen LogP contribution in [-0.2, 0) is 0 Å². The highest BCUT2D eigenvalue weighted by atomic mass is 19.1. The number of hydrogen-bond donors (Lipinski definition) is 0. The SMILES string of the molecule is CCN1CCN(C(=O)c2cncc(-c3ncnc4ccc(-c5cnc(OC)c(F)c5)cc34)c2)CC1. The Kier molecular flexibility index (Phi) is 6.33. The molecule has 0 radical (unpaired) electrons. The van der Waals surface area contributed by atoms with Crippen molar-refractivity contribution < 1.29 is 13.9 Å². The summed E-state index contributed by atoms with van der Waals surface area (Å²) in [7, 11) is 1.38. The van der Waals surface area contributed by atoms with E-state index in [-0.39, 0.29) is 11.8 Å². The number of ether oxygens (including phenoxy) is 1. The Bertz CT molecular complexity index is 1390.